The van der Waals surface area contributed by atoms with Crippen molar-refractivity contribution in [1.29, 1.82) is 0 Å². The zero-order chi connectivity index (χ0) is 22.6. The van der Waals surface area contributed by atoms with Crippen LogP contribution in [0.1, 0.15) is 67.9 Å². The second kappa shape index (κ2) is 8.97. The molecule has 0 radical (unpaired) electrons. The number of ether oxygens (including phenoxy) is 2. The van der Waals surface area contributed by atoms with Gasteiger partial charge in [0.25, 0.3) is 0 Å². The Balaban J connectivity index is 3.04. The Hall–Kier alpha value is -2.37. The predicted octanol–water partition coefficient (Wildman–Crippen LogP) is 4.29. The van der Waals surface area contributed by atoms with Crippen molar-refractivity contribution in [2.45, 2.75) is 68.7 Å². The maximum Gasteiger partial charge on any atom is 0.316 e. The molecule has 6 heteroatoms. The summed E-state index contributed by atoms with van der Waals surface area (Å²) in [5, 5.41) is 2.89. The molecule has 0 unspecified atom stereocenters. The Morgan fingerprint density at radius 2 is 1.24 bits per heavy atom. The van der Waals surface area contributed by atoms with Crippen LogP contribution in [0, 0.1) is 16.2 Å². The van der Waals surface area contributed by atoms with Gasteiger partial charge in [0.1, 0.15) is 0 Å². The minimum atomic E-state index is -0.706. The normalized spacial score (nSPS) is 12.3. The van der Waals surface area contributed by atoms with Crippen LogP contribution in [0.4, 0.5) is 0 Å². The molecular formula is C23H35NO5. The van der Waals surface area contributed by atoms with Crippen molar-refractivity contribution in [2.75, 3.05) is 6.54 Å². The Kier molecular flexibility index (Phi) is 7.63. The molecule has 0 spiro atoms. The highest BCUT2D eigenvalue weighted by Gasteiger charge is 2.28. The van der Waals surface area contributed by atoms with E-state index in [1.165, 1.54) is 0 Å². The number of carbonyl (C=O) groups is 3. The fourth-order valence-corrected chi connectivity index (χ4v) is 1.96. The van der Waals surface area contributed by atoms with Crippen molar-refractivity contribution in [1.82, 2.24) is 5.32 Å². The average Bonchev–Trinajstić information content (AvgIpc) is 2.54. The number of esters is 2. The summed E-state index contributed by atoms with van der Waals surface area (Å²) in [6, 6.07) is 5.09. The van der Waals surface area contributed by atoms with Crippen LogP contribution in [0.15, 0.2) is 18.2 Å². The summed E-state index contributed by atoms with van der Waals surface area (Å²) in [4.78, 5) is 36.7. The summed E-state index contributed by atoms with van der Waals surface area (Å²) in [6.07, 6.45) is 0.551. The molecular weight excluding hydrogens is 370 g/mol. The first-order valence-corrected chi connectivity index (χ1v) is 9.87. The van der Waals surface area contributed by atoms with Gasteiger partial charge in [-0.05, 0) is 65.7 Å². The number of nitrogens with one attached hydrogen (secondary N) is 1. The molecule has 0 aromatic heterocycles. The minimum absolute atomic E-state index is 0.0346. The van der Waals surface area contributed by atoms with Gasteiger partial charge in [-0.2, -0.15) is 0 Å². The number of benzene rings is 1. The van der Waals surface area contributed by atoms with Crippen molar-refractivity contribution in [3.05, 3.63) is 23.8 Å². The van der Waals surface area contributed by atoms with E-state index in [0.29, 0.717) is 13.0 Å². The van der Waals surface area contributed by atoms with Crippen LogP contribution in [0.5, 0.6) is 11.5 Å². The second-order valence-corrected chi connectivity index (χ2v) is 10.3. The largest absolute Gasteiger partial charge is 0.422 e. The van der Waals surface area contributed by atoms with E-state index in [1.54, 1.807) is 59.7 Å². The number of hydrogen-bond acceptors (Lipinski definition) is 5. The fourth-order valence-electron chi connectivity index (χ4n) is 1.96. The minimum Gasteiger partial charge on any atom is -0.422 e. The van der Waals surface area contributed by atoms with Gasteiger partial charge in [-0.25, -0.2) is 0 Å². The highest BCUT2D eigenvalue weighted by molar-refractivity contribution is 5.82. The third-order valence-corrected chi connectivity index (χ3v) is 4.02. The smallest absolute Gasteiger partial charge is 0.316 e. The molecule has 0 aliphatic rings. The van der Waals surface area contributed by atoms with Gasteiger partial charge in [-0.15, -0.1) is 0 Å². The van der Waals surface area contributed by atoms with E-state index in [1.807, 2.05) is 20.8 Å². The van der Waals surface area contributed by atoms with Gasteiger partial charge in [-0.3, -0.25) is 14.4 Å². The second-order valence-electron chi connectivity index (χ2n) is 10.3. The number of hydrogen-bond donors (Lipinski definition) is 1. The first kappa shape index (κ1) is 24.7. The highest BCUT2D eigenvalue weighted by Crippen LogP contribution is 2.32. The third kappa shape index (κ3) is 7.87. The van der Waals surface area contributed by atoms with Gasteiger partial charge in [0.2, 0.25) is 5.91 Å². The van der Waals surface area contributed by atoms with Crippen molar-refractivity contribution in [3.63, 3.8) is 0 Å². The van der Waals surface area contributed by atoms with Crippen LogP contribution in [0.3, 0.4) is 0 Å². The zero-order valence-electron chi connectivity index (χ0n) is 19.2. The molecule has 0 fully saturated rings. The lowest BCUT2D eigenvalue weighted by molar-refractivity contribution is -0.145. The van der Waals surface area contributed by atoms with Crippen LogP contribution in [0.2, 0.25) is 0 Å². The Morgan fingerprint density at radius 3 is 1.69 bits per heavy atom. The van der Waals surface area contributed by atoms with Crippen molar-refractivity contribution < 1.29 is 23.9 Å². The van der Waals surface area contributed by atoms with Gasteiger partial charge in [-0.1, -0.05) is 26.8 Å². The van der Waals surface area contributed by atoms with E-state index in [2.05, 4.69) is 5.32 Å². The van der Waals surface area contributed by atoms with Crippen LogP contribution in [0.25, 0.3) is 0 Å². The quantitative estimate of drug-likeness (QED) is 0.584. The van der Waals surface area contributed by atoms with Gasteiger partial charge >= 0.3 is 11.9 Å². The van der Waals surface area contributed by atoms with E-state index in [-0.39, 0.29) is 17.4 Å². The number of amides is 1. The van der Waals surface area contributed by atoms with E-state index in [0.717, 1.165) is 5.56 Å². The lowest BCUT2D eigenvalue weighted by Crippen LogP contribution is -2.35. The molecule has 0 bridgehead atoms. The molecule has 1 rings (SSSR count). The topological polar surface area (TPSA) is 81.7 Å². The highest BCUT2D eigenvalue weighted by atomic mass is 16.6. The first-order chi connectivity index (χ1) is 13.0. The average molecular weight is 406 g/mol. The lowest BCUT2D eigenvalue weighted by Gasteiger charge is -2.21. The van der Waals surface area contributed by atoms with Crippen molar-refractivity contribution in [3.8, 4) is 11.5 Å². The Morgan fingerprint density at radius 1 is 0.759 bits per heavy atom. The summed E-state index contributed by atoms with van der Waals surface area (Å²) >= 11 is 0. The van der Waals surface area contributed by atoms with Crippen LogP contribution in [-0.4, -0.2) is 24.4 Å². The number of carbonyl (C=O) groups excluding carboxylic acids is 3. The molecule has 0 aliphatic carbocycles. The third-order valence-electron chi connectivity index (χ3n) is 4.02. The van der Waals surface area contributed by atoms with E-state index in [4.69, 9.17) is 9.47 Å². The molecule has 1 aromatic rings. The lowest BCUT2D eigenvalue weighted by atomic mass is 9.95. The van der Waals surface area contributed by atoms with Crippen LogP contribution in [-0.2, 0) is 20.8 Å². The van der Waals surface area contributed by atoms with Crippen molar-refractivity contribution in [2.24, 2.45) is 16.2 Å². The standard InChI is InChI=1S/C23H35NO5/c1-21(2,3)18(25)24-13-12-15-10-11-16(28-19(26)22(4,5)6)17(14-15)29-20(27)23(7,8)9/h10-11,14H,12-13H2,1-9H3,(H,24,25). The van der Waals surface area contributed by atoms with Gasteiger partial charge in [0.15, 0.2) is 11.5 Å². The van der Waals surface area contributed by atoms with Gasteiger partial charge in [0, 0.05) is 12.0 Å². The number of rotatable bonds is 5. The SMILES string of the molecule is CC(C)(C)C(=O)NCCc1ccc(OC(=O)C(C)(C)C)c(OC(=O)C(C)(C)C)c1. The zero-order valence-corrected chi connectivity index (χ0v) is 19.2. The molecule has 29 heavy (non-hydrogen) atoms. The molecule has 6 nitrogen and oxygen atoms in total. The molecule has 0 saturated heterocycles. The van der Waals surface area contributed by atoms with Crippen molar-refractivity contribution >= 4 is 17.8 Å². The molecule has 162 valence electrons. The Labute approximate surface area is 174 Å². The molecule has 1 aromatic carbocycles. The van der Waals surface area contributed by atoms with E-state index >= 15 is 0 Å². The molecule has 1 N–H and O–H groups in total. The predicted molar refractivity (Wildman–Crippen MR) is 113 cm³/mol. The van der Waals surface area contributed by atoms with Crippen LogP contribution < -0.4 is 14.8 Å². The van der Waals surface area contributed by atoms with E-state index < -0.39 is 28.2 Å². The Bertz CT molecular complexity index is 761. The summed E-state index contributed by atoms with van der Waals surface area (Å²) in [5.74, 6) is -0.487. The van der Waals surface area contributed by atoms with Crippen LogP contribution >= 0.6 is 0 Å². The summed E-state index contributed by atoms with van der Waals surface area (Å²) in [7, 11) is 0. The van der Waals surface area contributed by atoms with E-state index in [9.17, 15) is 14.4 Å². The summed E-state index contributed by atoms with van der Waals surface area (Å²) in [6.45, 7) is 16.5. The molecule has 1 amide bonds. The molecule has 0 atom stereocenters. The first-order valence-electron chi connectivity index (χ1n) is 9.87. The molecule has 0 saturated carbocycles. The van der Waals surface area contributed by atoms with Gasteiger partial charge < -0.3 is 14.8 Å². The molecule has 0 heterocycles. The summed E-state index contributed by atoms with van der Waals surface area (Å²) in [5.41, 5.74) is -1.01. The fraction of sp³-hybridized carbons (Fsp3) is 0.609. The summed E-state index contributed by atoms with van der Waals surface area (Å²) < 4.78 is 11.0. The van der Waals surface area contributed by atoms with Gasteiger partial charge in [0.05, 0.1) is 10.8 Å². The monoisotopic (exact) mass is 405 g/mol. The maximum absolute atomic E-state index is 12.4. The maximum atomic E-state index is 12.4. The molecule has 0 aliphatic heterocycles.